The van der Waals surface area contributed by atoms with E-state index in [9.17, 15) is 13.6 Å². The Bertz CT molecular complexity index is 271. The minimum absolute atomic E-state index is 0.0585. The van der Waals surface area contributed by atoms with Crippen molar-refractivity contribution < 1.29 is 23.4 Å². The first-order chi connectivity index (χ1) is 7.80. The van der Waals surface area contributed by atoms with Crippen LogP contribution in [-0.2, 0) is 9.53 Å². The molecule has 0 aromatic heterocycles. The summed E-state index contributed by atoms with van der Waals surface area (Å²) in [7, 11) is 0. The lowest BCUT2D eigenvalue weighted by molar-refractivity contribution is -0.144. The van der Waals surface area contributed by atoms with Crippen molar-refractivity contribution in [3.63, 3.8) is 0 Å². The van der Waals surface area contributed by atoms with Crippen LogP contribution in [0.4, 0.5) is 8.78 Å². The molecular formula is C11H19F2NO3. The van der Waals surface area contributed by atoms with Crippen molar-refractivity contribution in [2.45, 2.75) is 32.2 Å². The fourth-order valence-corrected chi connectivity index (χ4v) is 2.06. The number of aliphatic carboxylic acids is 1. The summed E-state index contributed by atoms with van der Waals surface area (Å²) in [5.41, 5.74) is 0. The largest absolute Gasteiger partial charge is 0.480 e. The zero-order valence-corrected chi connectivity index (χ0v) is 10.2. The lowest BCUT2D eigenvalue weighted by Crippen LogP contribution is -2.50. The minimum atomic E-state index is -2.71. The van der Waals surface area contributed by atoms with Gasteiger partial charge in [0.1, 0.15) is 6.61 Å². The van der Waals surface area contributed by atoms with E-state index in [0.29, 0.717) is 6.54 Å². The fraction of sp³-hybridized carbons (Fsp3) is 0.909. The zero-order valence-electron chi connectivity index (χ0n) is 10.2. The number of hydrogen-bond donors (Lipinski definition) is 1. The Morgan fingerprint density at radius 3 is 2.76 bits per heavy atom. The van der Waals surface area contributed by atoms with E-state index < -0.39 is 18.5 Å². The van der Waals surface area contributed by atoms with Crippen molar-refractivity contribution in [2.75, 3.05) is 26.3 Å². The van der Waals surface area contributed by atoms with Crippen LogP contribution >= 0.6 is 0 Å². The Morgan fingerprint density at radius 2 is 2.24 bits per heavy atom. The molecule has 1 N–H and O–H groups in total. The third-order valence-electron chi connectivity index (χ3n) is 2.82. The second-order valence-corrected chi connectivity index (χ2v) is 4.86. The number of rotatable bonds is 5. The quantitative estimate of drug-likeness (QED) is 0.803. The summed E-state index contributed by atoms with van der Waals surface area (Å²) in [6, 6.07) is 0.0585. The number of alkyl halides is 2. The maximum atomic E-state index is 13.4. The Balaban J connectivity index is 2.46. The van der Waals surface area contributed by atoms with E-state index in [0.717, 1.165) is 0 Å². The molecule has 0 aromatic carbocycles. The molecule has 0 saturated carbocycles. The highest BCUT2D eigenvalue weighted by atomic mass is 19.3. The normalized spacial score (nSPS) is 25.1. The summed E-state index contributed by atoms with van der Waals surface area (Å²) in [5, 5.41) is 8.40. The highest BCUT2D eigenvalue weighted by Crippen LogP contribution is 2.31. The van der Waals surface area contributed by atoms with Crippen LogP contribution in [0.3, 0.4) is 0 Å². The van der Waals surface area contributed by atoms with Crippen LogP contribution < -0.4 is 0 Å². The summed E-state index contributed by atoms with van der Waals surface area (Å²) in [5.74, 6) is -4.09. The molecule has 6 heteroatoms. The van der Waals surface area contributed by atoms with E-state index >= 15 is 0 Å². The average molecular weight is 251 g/mol. The van der Waals surface area contributed by atoms with Gasteiger partial charge in [-0.3, -0.25) is 4.90 Å². The van der Waals surface area contributed by atoms with E-state index in [1.54, 1.807) is 4.90 Å². The molecule has 1 aliphatic heterocycles. The number of piperidine rings is 1. The lowest BCUT2D eigenvalue weighted by Gasteiger charge is -2.39. The summed E-state index contributed by atoms with van der Waals surface area (Å²) in [6.07, 6.45) is -0.226. The Kier molecular flexibility index (Phi) is 4.82. The van der Waals surface area contributed by atoms with Crippen LogP contribution in [-0.4, -0.2) is 54.2 Å². The molecule has 1 heterocycles. The molecule has 0 amide bonds. The molecule has 0 spiro atoms. The summed E-state index contributed by atoms with van der Waals surface area (Å²) in [4.78, 5) is 12.0. The van der Waals surface area contributed by atoms with E-state index in [1.165, 1.54) is 0 Å². The Morgan fingerprint density at radius 1 is 1.59 bits per heavy atom. The topological polar surface area (TPSA) is 49.8 Å². The van der Waals surface area contributed by atoms with Crippen molar-refractivity contribution in [2.24, 2.45) is 5.92 Å². The van der Waals surface area contributed by atoms with Crippen molar-refractivity contribution >= 4 is 5.97 Å². The summed E-state index contributed by atoms with van der Waals surface area (Å²) < 4.78 is 31.8. The van der Waals surface area contributed by atoms with Gasteiger partial charge in [0.2, 0.25) is 0 Å². The zero-order chi connectivity index (χ0) is 13.1. The van der Waals surface area contributed by atoms with E-state index in [-0.39, 0.29) is 31.5 Å². The minimum Gasteiger partial charge on any atom is -0.480 e. The summed E-state index contributed by atoms with van der Waals surface area (Å²) >= 11 is 0. The average Bonchev–Trinajstić information content (AvgIpc) is 2.14. The van der Waals surface area contributed by atoms with Crippen LogP contribution in [0.25, 0.3) is 0 Å². The first-order valence-corrected chi connectivity index (χ1v) is 5.71. The maximum Gasteiger partial charge on any atom is 0.329 e. The number of ether oxygens (including phenoxy) is 1. The third kappa shape index (κ3) is 4.95. The SMILES string of the molecule is CC(C)N1CC(COCC(=O)O)CC(F)(F)C1. The molecule has 4 nitrogen and oxygen atoms in total. The predicted octanol–water partition coefficient (Wildman–Crippen LogP) is 1.45. The van der Waals surface area contributed by atoms with Gasteiger partial charge in [0, 0.05) is 24.9 Å². The van der Waals surface area contributed by atoms with Gasteiger partial charge < -0.3 is 9.84 Å². The van der Waals surface area contributed by atoms with Crippen LogP contribution in [0.15, 0.2) is 0 Å². The lowest BCUT2D eigenvalue weighted by atomic mass is 9.95. The second kappa shape index (κ2) is 5.73. The highest BCUT2D eigenvalue weighted by Gasteiger charge is 2.40. The van der Waals surface area contributed by atoms with Gasteiger partial charge in [-0.1, -0.05) is 0 Å². The van der Waals surface area contributed by atoms with Crippen LogP contribution in [0.1, 0.15) is 20.3 Å². The molecule has 1 aliphatic rings. The van der Waals surface area contributed by atoms with Crippen molar-refractivity contribution in [3.05, 3.63) is 0 Å². The van der Waals surface area contributed by atoms with Crippen LogP contribution in [0.5, 0.6) is 0 Å². The number of carboxylic acid groups (broad SMARTS) is 1. The van der Waals surface area contributed by atoms with Gasteiger partial charge in [-0.2, -0.15) is 0 Å². The van der Waals surface area contributed by atoms with Gasteiger partial charge in [0.25, 0.3) is 5.92 Å². The number of hydrogen-bond acceptors (Lipinski definition) is 3. The van der Waals surface area contributed by atoms with Crippen LogP contribution in [0.2, 0.25) is 0 Å². The molecule has 0 radical (unpaired) electrons. The molecule has 1 atom stereocenters. The molecular weight excluding hydrogens is 232 g/mol. The van der Waals surface area contributed by atoms with Gasteiger partial charge >= 0.3 is 5.97 Å². The summed E-state index contributed by atoms with van der Waals surface area (Å²) in [6.45, 7) is 3.70. The number of carbonyl (C=O) groups is 1. The number of nitrogens with zero attached hydrogens (tertiary/aromatic N) is 1. The number of carboxylic acids is 1. The van der Waals surface area contributed by atoms with Crippen molar-refractivity contribution in [1.82, 2.24) is 4.90 Å². The molecule has 0 aliphatic carbocycles. The molecule has 0 bridgehead atoms. The number of likely N-dealkylation sites (tertiary alicyclic amines) is 1. The van der Waals surface area contributed by atoms with Gasteiger partial charge in [0.05, 0.1) is 13.2 Å². The second-order valence-electron chi connectivity index (χ2n) is 4.86. The van der Waals surface area contributed by atoms with Gasteiger partial charge in [-0.05, 0) is 13.8 Å². The maximum absolute atomic E-state index is 13.4. The molecule has 1 saturated heterocycles. The van der Waals surface area contributed by atoms with Crippen molar-refractivity contribution in [1.29, 1.82) is 0 Å². The van der Waals surface area contributed by atoms with Crippen molar-refractivity contribution in [3.8, 4) is 0 Å². The fourth-order valence-electron chi connectivity index (χ4n) is 2.06. The molecule has 1 fully saturated rings. The molecule has 1 unspecified atom stereocenters. The standard InChI is InChI=1S/C11H19F2NO3/c1-8(2)14-4-9(3-11(12,13)7-14)5-17-6-10(15)16/h8-9H,3-7H2,1-2H3,(H,15,16). The highest BCUT2D eigenvalue weighted by molar-refractivity contribution is 5.67. The van der Waals surface area contributed by atoms with Gasteiger partial charge in [-0.25, -0.2) is 13.6 Å². The van der Waals surface area contributed by atoms with E-state index in [2.05, 4.69) is 0 Å². The van der Waals surface area contributed by atoms with E-state index in [4.69, 9.17) is 9.84 Å². The van der Waals surface area contributed by atoms with Gasteiger partial charge in [-0.15, -0.1) is 0 Å². The Hall–Kier alpha value is -0.750. The third-order valence-corrected chi connectivity index (χ3v) is 2.82. The number of halogens is 2. The smallest absolute Gasteiger partial charge is 0.329 e. The molecule has 0 aromatic rings. The predicted molar refractivity (Wildman–Crippen MR) is 58.2 cm³/mol. The van der Waals surface area contributed by atoms with Gasteiger partial charge in [0.15, 0.2) is 0 Å². The monoisotopic (exact) mass is 251 g/mol. The molecule has 1 rings (SSSR count). The molecule has 100 valence electrons. The first-order valence-electron chi connectivity index (χ1n) is 5.71. The molecule has 17 heavy (non-hydrogen) atoms. The van der Waals surface area contributed by atoms with E-state index in [1.807, 2.05) is 13.8 Å². The van der Waals surface area contributed by atoms with Crippen LogP contribution in [0, 0.1) is 5.92 Å². The Labute approximate surface area is 99.5 Å². The first kappa shape index (κ1) is 14.3.